The maximum absolute atomic E-state index is 13.0. The zero-order valence-electron chi connectivity index (χ0n) is 8.09. The first-order valence-electron chi connectivity index (χ1n) is 4.56. The largest absolute Gasteiger partial charge is 0.366 e. The first-order valence-corrected chi connectivity index (χ1v) is 4.56. The number of allylic oxidation sites excluding steroid dienone is 2. The molecule has 0 bridgehead atoms. The van der Waals surface area contributed by atoms with Gasteiger partial charge in [-0.05, 0) is 41.3 Å². The number of hydrogen-bond acceptors (Lipinski definition) is 1. The zero-order valence-corrected chi connectivity index (χ0v) is 8.09. The maximum Gasteiger partial charge on any atom is 0.249 e. The van der Waals surface area contributed by atoms with E-state index < -0.39 is 5.91 Å². The van der Waals surface area contributed by atoms with Crippen LogP contribution in [0.3, 0.4) is 0 Å². The number of benzene rings is 1. The fourth-order valence-corrected chi connectivity index (χ4v) is 1.75. The second-order valence-electron chi connectivity index (χ2n) is 3.56. The number of hydrogen-bond donors (Lipinski definition) is 1. The molecule has 1 aliphatic carbocycles. The second-order valence-corrected chi connectivity index (χ2v) is 3.56. The normalized spacial score (nSPS) is 14.5. The average molecular weight is 203 g/mol. The van der Waals surface area contributed by atoms with E-state index in [1.807, 2.05) is 0 Å². The summed E-state index contributed by atoms with van der Waals surface area (Å²) in [5.74, 6) is -0.823. The van der Waals surface area contributed by atoms with Crippen molar-refractivity contribution in [2.75, 3.05) is 0 Å². The monoisotopic (exact) mass is 203 g/mol. The summed E-state index contributed by atoms with van der Waals surface area (Å²) < 4.78 is 13.0. The standard InChI is InChI=1S/C12H10FNO/c1-7-4-8-6-9(13)2-3-10(8)11(5-7)12(14)15/h2-3,5-6H,1,4H2,(H2,14,15). The molecule has 0 aliphatic heterocycles. The molecule has 1 amide bonds. The van der Waals surface area contributed by atoms with Crippen LogP contribution in [0.5, 0.6) is 0 Å². The summed E-state index contributed by atoms with van der Waals surface area (Å²) in [5, 5.41) is 0. The summed E-state index contributed by atoms with van der Waals surface area (Å²) in [4.78, 5) is 11.2. The molecule has 2 nitrogen and oxygen atoms in total. The van der Waals surface area contributed by atoms with E-state index in [1.165, 1.54) is 12.1 Å². The van der Waals surface area contributed by atoms with Crippen molar-refractivity contribution >= 4 is 11.5 Å². The van der Waals surface area contributed by atoms with Crippen molar-refractivity contribution in [2.24, 2.45) is 5.73 Å². The van der Waals surface area contributed by atoms with Crippen LogP contribution in [0.1, 0.15) is 11.1 Å². The van der Waals surface area contributed by atoms with Crippen molar-refractivity contribution in [3.8, 4) is 0 Å². The SMILES string of the molecule is C=C1C=C(C(N)=O)c2ccc(F)cc2C1. The topological polar surface area (TPSA) is 43.1 Å². The maximum atomic E-state index is 13.0. The van der Waals surface area contributed by atoms with Crippen molar-refractivity contribution in [3.05, 3.63) is 53.4 Å². The molecule has 15 heavy (non-hydrogen) atoms. The third-order valence-corrected chi connectivity index (χ3v) is 2.39. The van der Waals surface area contributed by atoms with Gasteiger partial charge in [-0.3, -0.25) is 4.79 Å². The number of carbonyl (C=O) groups is 1. The fraction of sp³-hybridized carbons (Fsp3) is 0.0833. The van der Waals surface area contributed by atoms with Crippen molar-refractivity contribution in [1.29, 1.82) is 0 Å². The molecule has 0 atom stereocenters. The fourth-order valence-electron chi connectivity index (χ4n) is 1.75. The van der Waals surface area contributed by atoms with Crippen LogP contribution in [0.25, 0.3) is 5.57 Å². The van der Waals surface area contributed by atoms with Gasteiger partial charge < -0.3 is 5.73 Å². The Hall–Kier alpha value is -1.90. The van der Waals surface area contributed by atoms with E-state index in [4.69, 9.17) is 5.73 Å². The molecule has 0 heterocycles. The summed E-state index contributed by atoms with van der Waals surface area (Å²) in [5.41, 5.74) is 7.88. The summed E-state index contributed by atoms with van der Waals surface area (Å²) in [6, 6.07) is 4.31. The van der Waals surface area contributed by atoms with E-state index in [2.05, 4.69) is 6.58 Å². The molecule has 0 saturated carbocycles. The molecule has 0 unspecified atom stereocenters. The van der Waals surface area contributed by atoms with Crippen LogP contribution in [-0.2, 0) is 11.2 Å². The van der Waals surface area contributed by atoms with Crippen molar-refractivity contribution in [1.82, 2.24) is 0 Å². The van der Waals surface area contributed by atoms with E-state index in [0.717, 1.165) is 11.1 Å². The Morgan fingerprint density at radius 1 is 1.47 bits per heavy atom. The van der Waals surface area contributed by atoms with Gasteiger partial charge in [0.1, 0.15) is 5.82 Å². The highest BCUT2D eigenvalue weighted by atomic mass is 19.1. The van der Waals surface area contributed by atoms with Crippen LogP contribution in [0.15, 0.2) is 36.4 Å². The Bertz CT molecular complexity index is 488. The molecule has 0 saturated heterocycles. The molecular weight excluding hydrogens is 193 g/mol. The number of amides is 1. The molecule has 3 heteroatoms. The molecule has 2 N–H and O–H groups in total. The Morgan fingerprint density at radius 3 is 2.87 bits per heavy atom. The minimum Gasteiger partial charge on any atom is -0.366 e. The van der Waals surface area contributed by atoms with E-state index in [-0.39, 0.29) is 5.82 Å². The van der Waals surface area contributed by atoms with Crippen LogP contribution in [0.4, 0.5) is 4.39 Å². The lowest BCUT2D eigenvalue weighted by Crippen LogP contribution is -2.17. The summed E-state index contributed by atoms with van der Waals surface area (Å²) in [6.45, 7) is 3.77. The van der Waals surface area contributed by atoms with Crippen LogP contribution in [0, 0.1) is 5.82 Å². The van der Waals surface area contributed by atoms with E-state index >= 15 is 0 Å². The lowest BCUT2D eigenvalue weighted by molar-refractivity contribution is -0.112. The van der Waals surface area contributed by atoms with Gasteiger partial charge in [-0.25, -0.2) is 4.39 Å². The number of nitrogens with two attached hydrogens (primary N) is 1. The highest BCUT2D eigenvalue weighted by Gasteiger charge is 2.18. The van der Waals surface area contributed by atoms with Gasteiger partial charge in [-0.2, -0.15) is 0 Å². The van der Waals surface area contributed by atoms with Gasteiger partial charge in [0.2, 0.25) is 5.91 Å². The first-order chi connectivity index (χ1) is 7.08. The molecule has 76 valence electrons. The van der Waals surface area contributed by atoms with E-state index in [1.54, 1.807) is 12.1 Å². The quantitative estimate of drug-likeness (QED) is 0.743. The molecule has 0 radical (unpaired) electrons. The van der Waals surface area contributed by atoms with E-state index in [0.29, 0.717) is 17.6 Å². The molecular formula is C12H10FNO. The zero-order chi connectivity index (χ0) is 11.0. The van der Waals surface area contributed by atoms with Gasteiger partial charge in [-0.1, -0.05) is 12.6 Å². The van der Waals surface area contributed by atoms with Crippen LogP contribution >= 0.6 is 0 Å². The predicted octanol–water partition coefficient (Wildman–Crippen LogP) is 1.81. The van der Waals surface area contributed by atoms with Gasteiger partial charge in [-0.15, -0.1) is 0 Å². The molecule has 0 spiro atoms. The second kappa shape index (κ2) is 3.35. The Labute approximate surface area is 86.9 Å². The minimum absolute atomic E-state index is 0.313. The molecule has 1 aromatic rings. The van der Waals surface area contributed by atoms with Gasteiger partial charge in [0.15, 0.2) is 0 Å². The van der Waals surface area contributed by atoms with Crippen LogP contribution in [-0.4, -0.2) is 5.91 Å². The number of rotatable bonds is 1. The number of halogens is 1. The third-order valence-electron chi connectivity index (χ3n) is 2.39. The number of carbonyl (C=O) groups excluding carboxylic acids is 1. The molecule has 1 aliphatic rings. The summed E-state index contributed by atoms with van der Waals surface area (Å²) >= 11 is 0. The lowest BCUT2D eigenvalue weighted by Gasteiger charge is -2.16. The summed E-state index contributed by atoms with van der Waals surface area (Å²) in [7, 11) is 0. The number of fused-ring (bicyclic) bond motifs is 1. The lowest BCUT2D eigenvalue weighted by atomic mass is 9.88. The smallest absolute Gasteiger partial charge is 0.249 e. The Morgan fingerprint density at radius 2 is 2.20 bits per heavy atom. The molecule has 0 fully saturated rings. The Balaban J connectivity index is 2.61. The van der Waals surface area contributed by atoms with Gasteiger partial charge >= 0.3 is 0 Å². The highest BCUT2D eigenvalue weighted by molar-refractivity contribution is 6.20. The molecule has 2 rings (SSSR count). The molecule has 1 aromatic carbocycles. The minimum atomic E-state index is -0.510. The predicted molar refractivity (Wildman–Crippen MR) is 56.4 cm³/mol. The average Bonchev–Trinajstić information content (AvgIpc) is 2.15. The summed E-state index contributed by atoms with van der Waals surface area (Å²) in [6.07, 6.45) is 2.21. The van der Waals surface area contributed by atoms with Crippen LogP contribution in [0.2, 0.25) is 0 Å². The van der Waals surface area contributed by atoms with Crippen LogP contribution < -0.4 is 5.73 Å². The third kappa shape index (κ3) is 1.68. The van der Waals surface area contributed by atoms with Crippen molar-refractivity contribution < 1.29 is 9.18 Å². The van der Waals surface area contributed by atoms with Crippen molar-refractivity contribution in [2.45, 2.75) is 6.42 Å². The Kier molecular flexibility index (Phi) is 2.15. The van der Waals surface area contributed by atoms with Gasteiger partial charge in [0.05, 0.1) is 0 Å². The number of primary amides is 1. The van der Waals surface area contributed by atoms with Crippen molar-refractivity contribution in [3.63, 3.8) is 0 Å². The first kappa shape index (κ1) is 9.65. The van der Waals surface area contributed by atoms with Gasteiger partial charge in [0, 0.05) is 5.57 Å². The molecule has 0 aromatic heterocycles. The van der Waals surface area contributed by atoms with Gasteiger partial charge in [0.25, 0.3) is 0 Å². The highest BCUT2D eigenvalue weighted by Crippen LogP contribution is 2.28. The van der Waals surface area contributed by atoms with E-state index in [9.17, 15) is 9.18 Å².